The van der Waals surface area contributed by atoms with Gasteiger partial charge in [-0.15, -0.1) is 0 Å². The highest BCUT2D eigenvalue weighted by atomic mass is 79.9. The summed E-state index contributed by atoms with van der Waals surface area (Å²) in [7, 11) is 0. The molecule has 0 amide bonds. The summed E-state index contributed by atoms with van der Waals surface area (Å²) < 4.78 is 0.0938. The van der Waals surface area contributed by atoms with Gasteiger partial charge < -0.3 is 0 Å². The van der Waals surface area contributed by atoms with Gasteiger partial charge in [-0.25, -0.2) is 0 Å². The summed E-state index contributed by atoms with van der Waals surface area (Å²) in [5.74, 6) is 0. The first-order valence-corrected chi connectivity index (χ1v) is 4.23. The van der Waals surface area contributed by atoms with Crippen LogP contribution in [0, 0.1) is 0 Å². The van der Waals surface area contributed by atoms with E-state index in [1.807, 2.05) is 6.92 Å². The first kappa shape index (κ1) is 7.80. The minimum atomic E-state index is 0.0938. The second-order valence-corrected chi connectivity index (χ2v) is 3.89. The highest BCUT2D eigenvalue weighted by Gasteiger charge is 2.17. The fourth-order valence-electron chi connectivity index (χ4n) is 1.01. The number of alkyl halides is 1. The van der Waals surface area contributed by atoms with Crippen molar-refractivity contribution >= 4 is 15.9 Å². The molecular weight excluding hydrogens is 188 g/mol. The third-order valence-corrected chi connectivity index (χ3v) is 2.35. The van der Waals surface area contributed by atoms with Crippen LogP contribution >= 0.6 is 15.9 Å². The normalized spacial score (nSPS) is 31.8. The Kier molecular flexibility index (Phi) is 2.50. The Morgan fingerprint density at radius 2 is 2.30 bits per heavy atom. The molecule has 0 aromatic rings. The van der Waals surface area contributed by atoms with E-state index in [1.165, 1.54) is 0 Å². The molecule has 0 saturated heterocycles. The van der Waals surface area contributed by atoms with Gasteiger partial charge in [-0.1, -0.05) is 52.4 Å². The highest BCUT2D eigenvalue weighted by Crippen LogP contribution is 2.28. The lowest BCUT2D eigenvalue weighted by molar-refractivity contribution is 0.898. The third-order valence-electron chi connectivity index (χ3n) is 1.49. The molecule has 0 nitrogen and oxygen atoms in total. The van der Waals surface area contributed by atoms with E-state index in [4.69, 9.17) is 0 Å². The van der Waals surface area contributed by atoms with Gasteiger partial charge in [-0.2, -0.15) is 0 Å². The monoisotopic (exact) mass is 198 g/mol. The minimum absolute atomic E-state index is 0.0938. The summed E-state index contributed by atoms with van der Waals surface area (Å²) in [6, 6.07) is 0. The predicted molar refractivity (Wildman–Crippen MR) is 49.4 cm³/mol. The predicted octanol–water partition coefficient (Wildman–Crippen LogP) is 3.21. The molecule has 0 aromatic carbocycles. The fraction of sp³-hybridized carbons (Fsp3) is 0.333. The average Bonchev–Trinajstić information content (AvgIpc) is 1.89. The van der Waals surface area contributed by atoms with Crippen LogP contribution in [0.25, 0.3) is 0 Å². The first-order chi connectivity index (χ1) is 4.77. The molecule has 54 valence electrons. The molecule has 1 heteroatoms. The molecule has 1 unspecified atom stereocenters. The van der Waals surface area contributed by atoms with Crippen molar-refractivity contribution in [3.05, 3.63) is 36.5 Å². The van der Waals surface area contributed by atoms with Gasteiger partial charge in [0, 0.05) is 0 Å². The Balaban J connectivity index is 2.70. The van der Waals surface area contributed by atoms with Crippen LogP contribution in [0.15, 0.2) is 36.5 Å². The average molecular weight is 199 g/mol. The lowest BCUT2D eigenvalue weighted by atomic mass is 10.0. The largest absolute Gasteiger partial charge is 0.0899 e. The van der Waals surface area contributed by atoms with Gasteiger partial charge in [-0.3, -0.25) is 0 Å². The van der Waals surface area contributed by atoms with Crippen molar-refractivity contribution in [1.29, 1.82) is 0 Å². The Morgan fingerprint density at radius 3 is 2.80 bits per heavy atom. The van der Waals surface area contributed by atoms with Crippen molar-refractivity contribution in [3.63, 3.8) is 0 Å². The van der Waals surface area contributed by atoms with Crippen molar-refractivity contribution < 1.29 is 0 Å². The van der Waals surface area contributed by atoms with Gasteiger partial charge in [0.25, 0.3) is 0 Å². The lowest BCUT2D eigenvalue weighted by Gasteiger charge is -2.19. The Morgan fingerprint density at radius 1 is 1.50 bits per heavy atom. The summed E-state index contributed by atoms with van der Waals surface area (Å²) in [5, 5.41) is 0. The highest BCUT2D eigenvalue weighted by molar-refractivity contribution is 9.10. The van der Waals surface area contributed by atoms with Crippen LogP contribution in [0.1, 0.15) is 13.3 Å². The van der Waals surface area contributed by atoms with Gasteiger partial charge in [0.2, 0.25) is 0 Å². The number of hydrogen-bond acceptors (Lipinski definition) is 0. The molecule has 10 heavy (non-hydrogen) atoms. The standard InChI is InChI=1S/C9H11Br/c1-2-6-9(10)7-4-3-5-8-9/h2-7H,8H2,1H3. The summed E-state index contributed by atoms with van der Waals surface area (Å²) in [4.78, 5) is 0. The van der Waals surface area contributed by atoms with E-state index in [-0.39, 0.29) is 4.32 Å². The van der Waals surface area contributed by atoms with Crippen molar-refractivity contribution in [2.45, 2.75) is 17.7 Å². The van der Waals surface area contributed by atoms with E-state index in [2.05, 4.69) is 52.4 Å². The maximum Gasteiger partial charge on any atom is 0.0653 e. The fourth-order valence-corrected chi connectivity index (χ4v) is 1.62. The second kappa shape index (κ2) is 3.20. The molecule has 0 fully saturated rings. The van der Waals surface area contributed by atoms with Crippen LogP contribution in [0.3, 0.4) is 0 Å². The molecule has 1 aliphatic rings. The molecule has 0 aromatic heterocycles. The molecule has 0 radical (unpaired) electrons. The Labute approximate surface area is 70.5 Å². The topological polar surface area (TPSA) is 0 Å². The van der Waals surface area contributed by atoms with Gasteiger partial charge in [0.05, 0.1) is 4.32 Å². The molecule has 1 aliphatic carbocycles. The summed E-state index contributed by atoms with van der Waals surface area (Å²) in [5.41, 5.74) is 0. The zero-order chi connectivity index (χ0) is 7.45. The Hall–Kier alpha value is -0.300. The number of halogens is 1. The van der Waals surface area contributed by atoms with Gasteiger partial charge >= 0.3 is 0 Å². The summed E-state index contributed by atoms with van der Waals surface area (Å²) >= 11 is 3.63. The molecule has 0 aliphatic heterocycles. The summed E-state index contributed by atoms with van der Waals surface area (Å²) in [6.07, 6.45) is 13.7. The molecule has 0 spiro atoms. The van der Waals surface area contributed by atoms with E-state index in [0.29, 0.717) is 0 Å². The maximum atomic E-state index is 3.63. The zero-order valence-electron chi connectivity index (χ0n) is 6.05. The lowest BCUT2D eigenvalue weighted by Crippen LogP contribution is -2.13. The Bertz CT molecular complexity index is 189. The van der Waals surface area contributed by atoms with E-state index in [1.54, 1.807) is 0 Å². The van der Waals surface area contributed by atoms with Crippen LogP contribution in [-0.2, 0) is 0 Å². The minimum Gasteiger partial charge on any atom is -0.0899 e. The second-order valence-electron chi connectivity index (χ2n) is 2.42. The van der Waals surface area contributed by atoms with Crippen molar-refractivity contribution in [1.82, 2.24) is 0 Å². The molecule has 0 saturated carbocycles. The number of allylic oxidation sites excluding steroid dienone is 6. The summed E-state index contributed by atoms with van der Waals surface area (Å²) in [6.45, 7) is 2.04. The molecule has 1 atom stereocenters. The van der Waals surface area contributed by atoms with Crippen LogP contribution in [-0.4, -0.2) is 4.32 Å². The van der Waals surface area contributed by atoms with Crippen molar-refractivity contribution in [3.8, 4) is 0 Å². The van der Waals surface area contributed by atoms with Crippen LogP contribution in [0.4, 0.5) is 0 Å². The molecule has 0 heterocycles. The smallest absolute Gasteiger partial charge is 0.0653 e. The van der Waals surface area contributed by atoms with E-state index in [9.17, 15) is 0 Å². The van der Waals surface area contributed by atoms with Gasteiger partial charge in [0.15, 0.2) is 0 Å². The molecule has 0 bridgehead atoms. The molecular formula is C9H11Br. The van der Waals surface area contributed by atoms with Gasteiger partial charge in [0.1, 0.15) is 0 Å². The van der Waals surface area contributed by atoms with E-state index in [0.717, 1.165) is 6.42 Å². The number of rotatable bonds is 1. The van der Waals surface area contributed by atoms with Crippen LogP contribution in [0.5, 0.6) is 0 Å². The number of hydrogen-bond donors (Lipinski definition) is 0. The quantitative estimate of drug-likeness (QED) is 0.449. The van der Waals surface area contributed by atoms with Crippen LogP contribution < -0.4 is 0 Å². The SMILES string of the molecule is CC=CC1(Br)C=CC=CC1. The van der Waals surface area contributed by atoms with Crippen molar-refractivity contribution in [2.24, 2.45) is 0 Å². The van der Waals surface area contributed by atoms with Crippen LogP contribution in [0.2, 0.25) is 0 Å². The van der Waals surface area contributed by atoms with Gasteiger partial charge in [-0.05, 0) is 13.3 Å². The van der Waals surface area contributed by atoms with Crippen molar-refractivity contribution in [2.75, 3.05) is 0 Å². The third kappa shape index (κ3) is 1.84. The molecule has 1 rings (SSSR count). The molecule has 0 N–H and O–H groups in total. The maximum absolute atomic E-state index is 3.63. The first-order valence-electron chi connectivity index (χ1n) is 3.44. The zero-order valence-corrected chi connectivity index (χ0v) is 7.64. The van der Waals surface area contributed by atoms with E-state index >= 15 is 0 Å². The van der Waals surface area contributed by atoms with E-state index < -0.39 is 0 Å².